The lowest BCUT2D eigenvalue weighted by molar-refractivity contribution is -0.385. The van der Waals surface area contributed by atoms with Crippen molar-refractivity contribution in [2.45, 2.75) is 13.0 Å². The van der Waals surface area contributed by atoms with Crippen molar-refractivity contribution in [3.05, 3.63) is 75.0 Å². The molecule has 3 aromatic rings. The van der Waals surface area contributed by atoms with Crippen molar-refractivity contribution in [3.8, 4) is 10.6 Å². The van der Waals surface area contributed by atoms with Crippen molar-refractivity contribution in [1.29, 1.82) is 0 Å². The largest absolute Gasteiger partial charge is 0.350 e. The molecule has 1 aliphatic rings. The van der Waals surface area contributed by atoms with E-state index in [9.17, 15) is 24.5 Å². The number of benzene rings is 1. The van der Waals surface area contributed by atoms with Crippen LogP contribution < -0.4 is 5.32 Å². The van der Waals surface area contributed by atoms with Gasteiger partial charge in [-0.1, -0.05) is 6.07 Å². The first-order valence-corrected chi connectivity index (χ1v) is 10.1. The van der Waals surface area contributed by atoms with Crippen molar-refractivity contribution in [1.82, 2.24) is 20.2 Å². The zero-order valence-electron chi connectivity index (χ0n) is 16.0. The normalized spacial score (nSPS) is 12.7. The average Bonchev–Trinajstić information content (AvgIpc) is 3.35. The number of amides is 3. The molecule has 1 aromatic carbocycles. The highest BCUT2D eigenvalue weighted by Crippen LogP contribution is 2.30. The van der Waals surface area contributed by atoms with Crippen molar-refractivity contribution in [2.75, 3.05) is 6.54 Å². The number of nitrogens with one attached hydrogen (secondary N) is 1. The quantitative estimate of drug-likeness (QED) is 0.341. The number of nitrogens with zero attached hydrogens (tertiary/aromatic N) is 4. The van der Waals surface area contributed by atoms with Crippen molar-refractivity contribution in [3.63, 3.8) is 0 Å². The van der Waals surface area contributed by atoms with Crippen LogP contribution in [0.4, 0.5) is 5.69 Å². The maximum atomic E-state index is 12.5. The topological polar surface area (TPSA) is 135 Å². The van der Waals surface area contributed by atoms with E-state index >= 15 is 0 Å². The minimum atomic E-state index is -0.762. The van der Waals surface area contributed by atoms with Gasteiger partial charge in [-0.05, 0) is 18.2 Å². The van der Waals surface area contributed by atoms with Crippen LogP contribution in [0.3, 0.4) is 0 Å². The highest BCUT2D eigenvalue weighted by molar-refractivity contribution is 7.13. The monoisotopic (exact) mass is 437 g/mol. The van der Waals surface area contributed by atoms with Gasteiger partial charge in [-0.3, -0.25) is 34.4 Å². The van der Waals surface area contributed by atoms with Crippen molar-refractivity contribution in [2.24, 2.45) is 0 Å². The van der Waals surface area contributed by atoms with Crippen molar-refractivity contribution >= 4 is 34.7 Å². The molecule has 0 atom stereocenters. The first-order valence-electron chi connectivity index (χ1n) is 9.21. The number of hydrogen-bond acceptors (Lipinski definition) is 8. The fourth-order valence-corrected chi connectivity index (χ4v) is 4.00. The first-order chi connectivity index (χ1) is 15.0. The Kier molecular flexibility index (Phi) is 5.50. The van der Waals surface area contributed by atoms with Crippen molar-refractivity contribution < 1.29 is 19.3 Å². The third-order valence-electron chi connectivity index (χ3n) is 4.68. The predicted molar refractivity (Wildman–Crippen MR) is 110 cm³/mol. The van der Waals surface area contributed by atoms with Gasteiger partial charge in [0.15, 0.2) is 0 Å². The van der Waals surface area contributed by atoms with Crippen LogP contribution in [0.5, 0.6) is 0 Å². The number of hydrogen-bond donors (Lipinski definition) is 1. The summed E-state index contributed by atoms with van der Waals surface area (Å²) in [6.07, 6.45) is 3.22. The van der Waals surface area contributed by atoms with E-state index in [4.69, 9.17) is 0 Å². The van der Waals surface area contributed by atoms with Gasteiger partial charge in [0.05, 0.1) is 22.7 Å². The first kappa shape index (κ1) is 20.3. The number of carbonyl (C=O) groups excluding carboxylic acids is 3. The Bertz CT molecular complexity index is 1190. The van der Waals surface area contributed by atoms with E-state index in [2.05, 4.69) is 15.3 Å². The van der Waals surface area contributed by atoms with E-state index < -0.39 is 22.4 Å². The minimum absolute atomic E-state index is 0.0225. The SMILES string of the molecule is O=C(CCN1C(=O)c2cccc([N+](=O)[O-])c2C1=O)NCc1csc(-c2ccncc2)n1. The smallest absolute Gasteiger partial charge is 0.282 e. The van der Waals surface area contributed by atoms with Gasteiger partial charge in [-0.15, -0.1) is 11.3 Å². The van der Waals surface area contributed by atoms with Gasteiger partial charge < -0.3 is 5.32 Å². The fourth-order valence-electron chi connectivity index (χ4n) is 3.18. The minimum Gasteiger partial charge on any atom is -0.350 e. The summed E-state index contributed by atoms with van der Waals surface area (Å²) in [5.41, 5.74) is 0.935. The Labute approximate surface area is 179 Å². The maximum absolute atomic E-state index is 12.5. The highest BCUT2D eigenvalue weighted by Gasteiger charge is 2.40. The summed E-state index contributed by atoms with van der Waals surface area (Å²) in [5.74, 6) is -1.77. The van der Waals surface area contributed by atoms with Gasteiger partial charge in [0.1, 0.15) is 10.6 Å². The summed E-state index contributed by atoms with van der Waals surface area (Å²) in [6.45, 7) is 0.0304. The molecule has 3 heterocycles. The van der Waals surface area contributed by atoms with Gasteiger partial charge in [0.25, 0.3) is 17.5 Å². The van der Waals surface area contributed by atoms with Gasteiger partial charge in [0, 0.05) is 42.4 Å². The molecular formula is C20H15N5O5S. The molecule has 4 rings (SSSR count). The number of fused-ring (bicyclic) bond motifs is 1. The highest BCUT2D eigenvalue weighted by atomic mass is 32.1. The molecule has 156 valence electrons. The van der Waals surface area contributed by atoms with Crippen LogP contribution in [0.1, 0.15) is 32.8 Å². The molecule has 0 spiro atoms. The molecule has 1 N–H and O–H groups in total. The van der Waals surface area contributed by atoms with Crippen LogP contribution in [-0.4, -0.2) is 44.1 Å². The Morgan fingerprint density at radius 2 is 1.94 bits per heavy atom. The Hall–Kier alpha value is -3.99. The van der Waals surface area contributed by atoms with Crippen LogP contribution in [0.15, 0.2) is 48.1 Å². The summed E-state index contributed by atoms with van der Waals surface area (Å²) in [4.78, 5) is 56.9. The van der Waals surface area contributed by atoms with E-state index in [1.807, 2.05) is 17.5 Å². The van der Waals surface area contributed by atoms with E-state index in [0.717, 1.165) is 15.5 Å². The number of rotatable bonds is 7. The Balaban J connectivity index is 1.34. The van der Waals surface area contributed by atoms with Crippen LogP contribution in [0.2, 0.25) is 0 Å². The molecule has 0 fully saturated rings. The number of imide groups is 1. The van der Waals surface area contributed by atoms with Gasteiger partial charge in [0.2, 0.25) is 5.91 Å². The number of carbonyl (C=O) groups is 3. The average molecular weight is 437 g/mol. The molecule has 2 aromatic heterocycles. The van der Waals surface area contributed by atoms with Crippen LogP contribution in [-0.2, 0) is 11.3 Å². The molecule has 0 unspecified atom stereocenters. The van der Waals surface area contributed by atoms with E-state index in [1.165, 1.54) is 29.5 Å². The Morgan fingerprint density at radius 3 is 2.68 bits per heavy atom. The number of aromatic nitrogens is 2. The van der Waals surface area contributed by atoms with E-state index in [-0.39, 0.29) is 36.5 Å². The number of nitro groups is 1. The summed E-state index contributed by atoms with van der Waals surface area (Å²) in [6, 6.07) is 7.58. The standard InChI is InChI=1S/C20H15N5O5S/c26-16(22-10-13-11-31-18(23-13)12-4-7-21-8-5-12)6-9-24-19(27)14-2-1-3-15(25(29)30)17(14)20(24)28/h1-5,7-8,11H,6,9-10H2,(H,22,26). The maximum Gasteiger partial charge on any atom is 0.282 e. The molecule has 0 saturated heterocycles. The molecule has 0 radical (unpaired) electrons. The molecular weight excluding hydrogens is 422 g/mol. The molecule has 0 bridgehead atoms. The molecule has 11 heteroatoms. The number of thiazole rings is 1. The fraction of sp³-hybridized carbons (Fsp3) is 0.150. The number of nitro benzene ring substituents is 1. The summed E-state index contributed by atoms with van der Waals surface area (Å²) < 4.78 is 0. The second-order valence-electron chi connectivity index (χ2n) is 6.63. The third kappa shape index (κ3) is 4.03. The predicted octanol–water partition coefficient (Wildman–Crippen LogP) is 2.42. The Morgan fingerprint density at radius 1 is 1.16 bits per heavy atom. The molecule has 0 aliphatic carbocycles. The molecule has 3 amide bonds. The van der Waals surface area contributed by atoms with E-state index in [0.29, 0.717) is 5.69 Å². The lowest BCUT2D eigenvalue weighted by Gasteiger charge is -2.13. The molecule has 0 saturated carbocycles. The van der Waals surface area contributed by atoms with Gasteiger partial charge >= 0.3 is 0 Å². The second kappa shape index (κ2) is 8.40. The zero-order valence-corrected chi connectivity index (χ0v) is 16.8. The lowest BCUT2D eigenvalue weighted by Crippen LogP contribution is -2.34. The third-order valence-corrected chi connectivity index (χ3v) is 5.62. The molecule has 1 aliphatic heterocycles. The lowest BCUT2D eigenvalue weighted by atomic mass is 10.1. The van der Waals surface area contributed by atoms with Crippen LogP contribution in [0, 0.1) is 10.1 Å². The van der Waals surface area contributed by atoms with Crippen LogP contribution in [0.25, 0.3) is 10.6 Å². The number of pyridine rings is 1. The summed E-state index contributed by atoms with van der Waals surface area (Å²) in [7, 11) is 0. The van der Waals surface area contributed by atoms with E-state index in [1.54, 1.807) is 12.4 Å². The molecule has 10 nitrogen and oxygen atoms in total. The second-order valence-corrected chi connectivity index (χ2v) is 7.48. The molecule has 31 heavy (non-hydrogen) atoms. The van der Waals surface area contributed by atoms with Gasteiger partial charge in [-0.2, -0.15) is 0 Å². The summed E-state index contributed by atoms with van der Waals surface area (Å²) >= 11 is 1.44. The summed E-state index contributed by atoms with van der Waals surface area (Å²) in [5, 5.41) is 16.5. The van der Waals surface area contributed by atoms with Crippen LogP contribution >= 0.6 is 11.3 Å². The zero-order chi connectivity index (χ0) is 22.0. The van der Waals surface area contributed by atoms with Gasteiger partial charge in [-0.25, -0.2) is 4.98 Å².